The first-order valence-electron chi connectivity index (χ1n) is 9.18. The van der Waals surface area contributed by atoms with E-state index in [2.05, 4.69) is 5.32 Å². The van der Waals surface area contributed by atoms with Crippen molar-refractivity contribution in [2.24, 2.45) is 0 Å². The summed E-state index contributed by atoms with van der Waals surface area (Å²) < 4.78 is 31.6. The lowest BCUT2D eigenvalue weighted by molar-refractivity contribution is -0.122. The number of nitrogens with one attached hydrogen (secondary N) is 1. The number of aryl methyl sites for hydroxylation is 1. The lowest BCUT2D eigenvalue weighted by Gasteiger charge is -2.17. The third kappa shape index (κ3) is 4.58. The highest BCUT2D eigenvalue weighted by Crippen LogP contribution is 2.24. The van der Waals surface area contributed by atoms with E-state index in [1.807, 2.05) is 42.5 Å². The molecule has 0 fully saturated rings. The maximum absolute atomic E-state index is 12.6. The summed E-state index contributed by atoms with van der Waals surface area (Å²) in [4.78, 5) is 12.7. The Labute approximate surface area is 171 Å². The lowest BCUT2D eigenvalue weighted by Crippen LogP contribution is -2.30. The van der Waals surface area contributed by atoms with E-state index >= 15 is 0 Å². The Hall–Kier alpha value is -2.90. The van der Waals surface area contributed by atoms with Crippen LogP contribution in [0.4, 0.5) is 5.69 Å². The quantitative estimate of drug-likeness (QED) is 0.668. The molecule has 29 heavy (non-hydrogen) atoms. The van der Waals surface area contributed by atoms with Gasteiger partial charge in [-0.3, -0.25) is 4.79 Å². The molecule has 7 heteroatoms. The van der Waals surface area contributed by atoms with Crippen LogP contribution in [-0.4, -0.2) is 38.8 Å². The van der Waals surface area contributed by atoms with Crippen molar-refractivity contribution >= 4 is 32.4 Å². The van der Waals surface area contributed by atoms with E-state index in [4.69, 9.17) is 4.74 Å². The number of nitrogens with zero attached hydrogens (tertiary/aromatic N) is 1. The normalized spacial score (nSPS) is 12.7. The van der Waals surface area contributed by atoms with Crippen molar-refractivity contribution in [2.45, 2.75) is 24.8 Å². The number of benzene rings is 3. The molecular formula is C22H24N2O4S. The summed E-state index contributed by atoms with van der Waals surface area (Å²) in [7, 11) is -0.660. The molecule has 6 nitrogen and oxygen atoms in total. The van der Waals surface area contributed by atoms with Gasteiger partial charge >= 0.3 is 0 Å². The van der Waals surface area contributed by atoms with Gasteiger partial charge in [-0.25, -0.2) is 12.7 Å². The van der Waals surface area contributed by atoms with E-state index in [0.29, 0.717) is 11.4 Å². The number of amides is 1. The van der Waals surface area contributed by atoms with Crippen molar-refractivity contribution in [1.82, 2.24) is 4.31 Å². The van der Waals surface area contributed by atoms with E-state index in [1.165, 1.54) is 26.2 Å². The monoisotopic (exact) mass is 412 g/mol. The summed E-state index contributed by atoms with van der Waals surface area (Å²) in [6.07, 6.45) is -0.760. The Kier molecular flexibility index (Phi) is 5.91. The molecule has 1 amide bonds. The molecular weight excluding hydrogens is 388 g/mol. The second kappa shape index (κ2) is 8.23. The van der Waals surface area contributed by atoms with Crippen LogP contribution in [-0.2, 0) is 14.8 Å². The van der Waals surface area contributed by atoms with Crippen LogP contribution < -0.4 is 10.1 Å². The summed E-state index contributed by atoms with van der Waals surface area (Å²) in [5.41, 5.74) is 1.20. The highest BCUT2D eigenvalue weighted by atomic mass is 32.2. The smallest absolute Gasteiger partial charge is 0.265 e. The molecule has 1 atom stereocenters. The average Bonchev–Trinajstić information content (AvgIpc) is 2.69. The predicted molar refractivity (Wildman–Crippen MR) is 115 cm³/mol. The molecule has 3 aromatic carbocycles. The fraction of sp³-hybridized carbons (Fsp3) is 0.227. The number of sulfonamides is 1. The van der Waals surface area contributed by atoms with Gasteiger partial charge in [-0.2, -0.15) is 0 Å². The molecule has 1 unspecified atom stereocenters. The SMILES string of the molecule is Cc1ccc(S(=O)(=O)N(C)C)cc1NC(=O)C(C)Oc1ccc2ccccc2c1. The molecule has 0 aliphatic heterocycles. The first-order chi connectivity index (χ1) is 13.7. The average molecular weight is 413 g/mol. The summed E-state index contributed by atoms with van der Waals surface area (Å²) in [6, 6.07) is 18.2. The van der Waals surface area contributed by atoms with E-state index in [9.17, 15) is 13.2 Å². The first-order valence-corrected chi connectivity index (χ1v) is 10.6. The maximum atomic E-state index is 12.6. The molecule has 0 heterocycles. The third-order valence-electron chi connectivity index (χ3n) is 4.65. The highest BCUT2D eigenvalue weighted by Gasteiger charge is 2.20. The molecule has 0 spiro atoms. The van der Waals surface area contributed by atoms with Crippen LogP contribution in [0.1, 0.15) is 12.5 Å². The molecule has 0 radical (unpaired) electrons. The van der Waals surface area contributed by atoms with Gasteiger partial charge in [-0.1, -0.05) is 36.4 Å². The minimum absolute atomic E-state index is 0.117. The summed E-state index contributed by atoms with van der Waals surface area (Å²) >= 11 is 0. The van der Waals surface area contributed by atoms with Gasteiger partial charge in [0.2, 0.25) is 10.0 Å². The zero-order chi connectivity index (χ0) is 21.2. The molecule has 0 saturated carbocycles. The van der Waals surface area contributed by atoms with Crippen molar-refractivity contribution in [3.8, 4) is 5.75 Å². The molecule has 0 aliphatic carbocycles. The summed E-state index contributed by atoms with van der Waals surface area (Å²) in [5.74, 6) is 0.229. The molecule has 3 rings (SSSR count). The zero-order valence-electron chi connectivity index (χ0n) is 16.8. The fourth-order valence-electron chi connectivity index (χ4n) is 2.84. The van der Waals surface area contributed by atoms with Gasteiger partial charge in [0.05, 0.1) is 4.90 Å². The standard InChI is InChI=1S/C22H24N2O4S/c1-15-9-12-20(29(26,27)24(3)4)14-21(15)23-22(25)16(2)28-19-11-10-17-7-5-6-8-18(17)13-19/h5-14,16H,1-4H3,(H,23,25). The number of carbonyl (C=O) groups excluding carboxylic acids is 1. The van der Waals surface area contributed by atoms with Crippen molar-refractivity contribution < 1.29 is 17.9 Å². The number of hydrogen-bond donors (Lipinski definition) is 1. The van der Waals surface area contributed by atoms with Crippen molar-refractivity contribution in [3.05, 3.63) is 66.2 Å². The van der Waals surface area contributed by atoms with Crippen molar-refractivity contribution in [2.75, 3.05) is 19.4 Å². The van der Waals surface area contributed by atoms with Gasteiger partial charge in [-0.15, -0.1) is 0 Å². The molecule has 0 aliphatic rings. The first kappa shape index (κ1) is 20.8. The topological polar surface area (TPSA) is 75.7 Å². The number of rotatable bonds is 6. The molecule has 0 aromatic heterocycles. The second-order valence-corrected chi connectivity index (χ2v) is 9.17. The minimum atomic E-state index is -3.59. The zero-order valence-corrected chi connectivity index (χ0v) is 17.7. The maximum Gasteiger partial charge on any atom is 0.265 e. The van der Waals surface area contributed by atoms with Gasteiger partial charge in [-0.05, 0) is 54.4 Å². The van der Waals surface area contributed by atoms with E-state index < -0.39 is 16.1 Å². The number of hydrogen-bond acceptors (Lipinski definition) is 4. The van der Waals surface area contributed by atoms with E-state index in [1.54, 1.807) is 19.9 Å². The Bertz CT molecular complexity index is 1160. The van der Waals surface area contributed by atoms with Gasteiger partial charge < -0.3 is 10.1 Å². The Balaban J connectivity index is 1.76. The van der Waals surface area contributed by atoms with Crippen molar-refractivity contribution in [1.29, 1.82) is 0 Å². The third-order valence-corrected chi connectivity index (χ3v) is 6.46. The van der Waals surface area contributed by atoms with Crippen LogP contribution in [0.15, 0.2) is 65.6 Å². The van der Waals surface area contributed by atoms with E-state index in [-0.39, 0.29) is 10.8 Å². The van der Waals surface area contributed by atoms with Crippen molar-refractivity contribution in [3.63, 3.8) is 0 Å². The van der Waals surface area contributed by atoms with Gasteiger partial charge in [0, 0.05) is 19.8 Å². The Morgan fingerprint density at radius 2 is 1.69 bits per heavy atom. The van der Waals surface area contributed by atoms with Gasteiger partial charge in [0.1, 0.15) is 5.75 Å². The van der Waals surface area contributed by atoms with Crippen LogP contribution in [0.3, 0.4) is 0 Å². The molecule has 0 bridgehead atoms. The second-order valence-electron chi connectivity index (χ2n) is 7.02. The molecule has 1 N–H and O–H groups in total. The lowest BCUT2D eigenvalue weighted by atomic mass is 10.1. The largest absolute Gasteiger partial charge is 0.481 e. The van der Waals surface area contributed by atoms with Crippen LogP contribution in [0, 0.1) is 6.92 Å². The predicted octanol–water partition coefficient (Wildman–Crippen LogP) is 3.80. The summed E-state index contributed by atoms with van der Waals surface area (Å²) in [6.45, 7) is 3.46. The van der Waals surface area contributed by atoms with Crippen LogP contribution in [0.25, 0.3) is 10.8 Å². The van der Waals surface area contributed by atoms with Gasteiger partial charge in [0.15, 0.2) is 6.10 Å². The minimum Gasteiger partial charge on any atom is -0.481 e. The van der Waals surface area contributed by atoms with Crippen LogP contribution >= 0.6 is 0 Å². The molecule has 0 saturated heterocycles. The number of carbonyl (C=O) groups is 1. The van der Waals surface area contributed by atoms with E-state index in [0.717, 1.165) is 20.6 Å². The summed E-state index contributed by atoms with van der Waals surface area (Å²) in [5, 5.41) is 4.88. The number of ether oxygens (including phenoxy) is 1. The number of anilines is 1. The highest BCUT2D eigenvalue weighted by molar-refractivity contribution is 7.89. The van der Waals surface area contributed by atoms with Crippen LogP contribution in [0.5, 0.6) is 5.75 Å². The Morgan fingerprint density at radius 1 is 1.00 bits per heavy atom. The van der Waals surface area contributed by atoms with Crippen LogP contribution in [0.2, 0.25) is 0 Å². The molecule has 3 aromatic rings. The fourth-order valence-corrected chi connectivity index (χ4v) is 3.77. The van der Waals surface area contributed by atoms with Gasteiger partial charge in [0.25, 0.3) is 5.91 Å². The molecule has 152 valence electrons. The number of fused-ring (bicyclic) bond motifs is 1. The Morgan fingerprint density at radius 3 is 2.38 bits per heavy atom.